The number of aromatic amines is 1. The Labute approximate surface area is 118 Å². The topological polar surface area (TPSA) is 78.5 Å². The zero-order valence-corrected chi connectivity index (χ0v) is 11.4. The highest BCUT2D eigenvalue weighted by molar-refractivity contribution is 5.77. The monoisotopic (exact) mass is 266 g/mol. The molecule has 4 heteroatoms. The first kappa shape index (κ1) is 12.7. The van der Waals surface area contributed by atoms with Crippen molar-refractivity contribution < 1.29 is 0 Å². The van der Waals surface area contributed by atoms with E-state index in [0.29, 0.717) is 11.4 Å². The molecule has 0 spiro atoms. The van der Waals surface area contributed by atoms with Gasteiger partial charge in [0.05, 0.1) is 0 Å². The summed E-state index contributed by atoms with van der Waals surface area (Å²) in [4.78, 5) is 7.71. The van der Waals surface area contributed by atoms with E-state index < -0.39 is 0 Å². The Balaban J connectivity index is 2.25. The molecular formula is C16H18N4. The standard InChI is InChI=1S/C16H18N4/c17-10-12-15(14-8-5-9-19-14)11-6-3-1-2-4-7-13(11)20-16(12)18/h5,8-9,19H,1-4,6-7H2,(H2,18,20). The molecular weight excluding hydrogens is 248 g/mol. The van der Waals surface area contributed by atoms with Gasteiger partial charge in [-0.15, -0.1) is 0 Å². The Hall–Kier alpha value is -2.28. The number of rotatable bonds is 1. The molecule has 102 valence electrons. The molecule has 0 bridgehead atoms. The van der Waals surface area contributed by atoms with Crippen LogP contribution in [0, 0.1) is 11.3 Å². The van der Waals surface area contributed by atoms with Crippen LogP contribution in [0.3, 0.4) is 0 Å². The molecule has 0 fully saturated rings. The second kappa shape index (κ2) is 5.38. The fraction of sp³-hybridized carbons (Fsp3) is 0.375. The van der Waals surface area contributed by atoms with Crippen LogP contribution in [0.15, 0.2) is 18.3 Å². The van der Waals surface area contributed by atoms with E-state index in [1.807, 2.05) is 18.3 Å². The second-order valence-corrected chi connectivity index (χ2v) is 5.28. The van der Waals surface area contributed by atoms with E-state index >= 15 is 0 Å². The van der Waals surface area contributed by atoms with Crippen LogP contribution in [-0.4, -0.2) is 9.97 Å². The molecule has 0 saturated carbocycles. The van der Waals surface area contributed by atoms with Gasteiger partial charge in [-0.05, 0) is 43.4 Å². The number of hydrogen-bond acceptors (Lipinski definition) is 3. The lowest BCUT2D eigenvalue weighted by Gasteiger charge is -2.18. The van der Waals surface area contributed by atoms with Gasteiger partial charge in [0.2, 0.25) is 0 Å². The number of fused-ring (bicyclic) bond motifs is 1. The van der Waals surface area contributed by atoms with Gasteiger partial charge in [0.1, 0.15) is 17.5 Å². The number of nitrogens with zero attached hydrogens (tertiary/aromatic N) is 2. The molecule has 3 rings (SSSR count). The lowest BCUT2D eigenvalue weighted by molar-refractivity contribution is 0.609. The van der Waals surface area contributed by atoms with E-state index in [0.717, 1.165) is 42.6 Å². The van der Waals surface area contributed by atoms with Crippen molar-refractivity contribution in [1.82, 2.24) is 9.97 Å². The molecule has 1 aliphatic rings. The highest BCUT2D eigenvalue weighted by Crippen LogP contribution is 2.34. The minimum atomic E-state index is 0.358. The number of hydrogen-bond donors (Lipinski definition) is 2. The van der Waals surface area contributed by atoms with Gasteiger partial charge < -0.3 is 10.7 Å². The van der Waals surface area contributed by atoms with E-state index in [9.17, 15) is 5.26 Å². The highest BCUT2D eigenvalue weighted by Gasteiger charge is 2.20. The number of aryl methyl sites for hydroxylation is 1. The molecule has 0 amide bonds. The van der Waals surface area contributed by atoms with Gasteiger partial charge in [-0.2, -0.15) is 5.26 Å². The first-order valence-corrected chi connectivity index (χ1v) is 7.16. The quantitative estimate of drug-likeness (QED) is 0.832. The van der Waals surface area contributed by atoms with Gasteiger partial charge >= 0.3 is 0 Å². The molecule has 0 saturated heterocycles. The number of aromatic nitrogens is 2. The summed E-state index contributed by atoms with van der Waals surface area (Å²) in [5.41, 5.74) is 10.7. The minimum Gasteiger partial charge on any atom is -0.383 e. The van der Waals surface area contributed by atoms with Gasteiger partial charge in [-0.3, -0.25) is 0 Å². The van der Waals surface area contributed by atoms with Crippen molar-refractivity contribution in [3.63, 3.8) is 0 Å². The summed E-state index contributed by atoms with van der Waals surface area (Å²) in [6.07, 6.45) is 8.61. The minimum absolute atomic E-state index is 0.358. The Morgan fingerprint density at radius 1 is 1.20 bits per heavy atom. The van der Waals surface area contributed by atoms with Crippen molar-refractivity contribution in [2.45, 2.75) is 38.5 Å². The maximum atomic E-state index is 9.44. The summed E-state index contributed by atoms with van der Waals surface area (Å²) in [7, 11) is 0. The smallest absolute Gasteiger partial charge is 0.142 e. The van der Waals surface area contributed by atoms with E-state index in [1.165, 1.54) is 18.4 Å². The van der Waals surface area contributed by atoms with Gasteiger partial charge in [-0.1, -0.05) is 12.8 Å². The molecule has 0 aromatic carbocycles. The Bertz CT molecular complexity index is 650. The highest BCUT2D eigenvalue weighted by atomic mass is 14.9. The molecule has 20 heavy (non-hydrogen) atoms. The number of pyridine rings is 1. The van der Waals surface area contributed by atoms with Crippen molar-refractivity contribution in [3.05, 3.63) is 35.2 Å². The Kier molecular flexibility index (Phi) is 3.42. The van der Waals surface area contributed by atoms with Crippen molar-refractivity contribution in [3.8, 4) is 17.3 Å². The third kappa shape index (κ3) is 2.16. The third-order valence-corrected chi connectivity index (χ3v) is 3.98. The lowest BCUT2D eigenvalue weighted by Crippen LogP contribution is -2.10. The maximum absolute atomic E-state index is 9.44. The van der Waals surface area contributed by atoms with Crippen LogP contribution in [0.2, 0.25) is 0 Å². The number of H-pyrrole nitrogens is 1. The Morgan fingerprint density at radius 2 is 2.00 bits per heavy atom. The van der Waals surface area contributed by atoms with Gasteiger partial charge in [0.25, 0.3) is 0 Å². The predicted octanol–water partition coefficient (Wildman–Crippen LogP) is 3.19. The van der Waals surface area contributed by atoms with Crippen molar-refractivity contribution in [2.24, 2.45) is 0 Å². The van der Waals surface area contributed by atoms with Crippen LogP contribution in [-0.2, 0) is 12.8 Å². The van der Waals surface area contributed by atoms with E-state index in [4.69, 9.17) is 5.73 Å². The van der Waals surface area contributed by atoms with E-state index in [2.05, 4.69) is 16.0 Å². The Morgan fingerprint density at radius 3 is 2.70 bits per heavy atom. The molecule has 4 nitrogen and oxygen atoms in total. The molecule has 1 aliphatic carbocycles. The predicted molar refractivity (Wildman–Crippen MR) is 79.0 cm³/mol. The first-order chi connectivity index (χ1) is 9.81. The van der Waals surface area contributed by atoms with Gasteiger partial charge in [-0.25, -0.2) is 4.98 Å². The third-order valence-electron chi connectivity index (χ3n) is 3.98. The molecule has 0 radical (unpaired) electrons. The second-order valence-electron chi connectivity index (χ2n) is 5.28. The summed E-state index contributed by atoms with van der Waals surface area (Å²) in [6, 6.07) is 6.17. The summed E-state index contributed by atoms with van der Waals surface area (Å²) in [5, 5.41) is 9.44. The van der Waals surface area contributed by atoms with E-state index in [1.54, 1.807) is 0 Å². The first-order valence-electron chi connectivity index (χ1n) is 7.16. The summed E-state index contributed by atoms with van der Waals surface area (Å²) < 4.78 is 0. The van der Waals surface area contributed by atoms with E-state index in [-0.39, 0.29) is 0 Å². The van der Waals surface area contributed by atoms with Crippen LogP contribution in [0.4, 0.5) is 5.82 Å². The molecule has 2 heterocycles. The fourth-order valence-electron chi connectivity index (χ4n) is 3.01. The SMILES string of the molecule is N#Cc1c(N)nc2c(c1-c1ccc[nH]1)CCCCCC2. The number of anilines is 1. The van der Waals surface area contributed by atoms with Crippen molar-refractivity contribution >= 4 is 5.82 Å². The summed E-state index contributed by atoms with van der Waals surface area (Å²) >= 11 is 0. The van der Waals surface area contributed by atoms with Crippen LogP contribution >= 0.6 is 0 Å². The normalized spacial score (nSPS) is 14.9. The number of nitrogens with one attached hydrogen (secondary N) is 1. The van der Waals surface area contributed by atoms with Crippen LogP contribution < -0.4 is 5.73 Å². The average Bonchev–Trinajstić information content (AvgIpc) is 2.93. The zero-order chi connectivity index (χ0) is 13.9. The number of nitrogen functional groups attached to an aromatic ring is 1. The summed E-state index contributed by atoms with van der Waals surface area (Å²) in [5.74, 6) is 0.358. The largest absolute Gasteiger partial charge is 0.383 e. The van der Waals surface area contributed by atoms with Crippen molar-refractivity contribution in [1.29, 1.82) is 5.26 Å². The number of nitrogens with two attached hydrogens (primary N) is 1. The number of nitriles is 1. The molecule has 2 aromatic heterocycles. The molecule has 0 aliphatic heterocycles. The average molecular weight is 266 g/mol. The fourth-order valence-corrected chi connectivity index (χ4v) is 3.01. The molecule has 0 unspecified atom stereocenters. The van der Waals surface area contributed by atoms with Crippen LogP contribution in [0.5, 0.6) is 0 Å². The van der Waals surface area contributed by atoms with Gasteiger partial charge in [0, 0.05) is 23.1 Å². The molecule has 2 aromatic rings. The zero-order valence-electron chi connectivity index (χ0n) is 11.4. The van der Waals surface area contributed by atoms with Crippen molar-refractivity contribution in [2.75, 3.05) is 5.73 Å². The lowest BCUT2D eigenvalue weighted by atomic mass is 9.90. The molecule has 3 N–H and O–H groups in total. The maximum Gasteiger partial charge on any atom is 0.142 e. The molecule has 0 atom stereocenters. The summed E-state index contributed by atoms with van der Waals surface area (Å²) in [6.45, 7) is 0. The van der Waals surface area contributed by atoms with Crippen LogP contribution in [0.1, 0.15) is 42.5 Å². The van der Waals surface area contributed by atoms with Gasteiger partial charge in [0.15, 0.2) is 0 Å². The van der Waals surface area contributed by atoms with Crippen LogP contribution in [0.25, 0.3) is 11.3 Å².